The normalized spacial score (nSPS) is 19.9. The van der Waals surface area contributed by atoms with E-state index in [4.69, 9.17) is 4.74 Å². The molecule has 0 radical (unpaired) electrons. The van der Waals surface area contributed by atoms with Crippen LogP contribution in [-0.4, -0.2) is 58.9 Å². The minimum absolute atomic E-state index is 0.0117. The molecule has 27 heavy (non-hydrogen) atoms. The molecular formula is C20H23N3O3S. The first-order chi connectivity index (χ1) is 13.2. The smallest absolute Gasteiger partial charge is 0.264 e. The predicted octanol–water partition coefficient (Wildman–Crippen LogP) is 3.06. The molecule has 2 aromatic rings. The van der Waals surface area contributed by atoms with E-state index in [0.717, 1.165) is 37.2 Å². The first kappa shape index (κ1) is 18.0. The second-order valence-corrected chi connectivity index (χ2v) is 7.91. The van der Waals surface area contributed by atoms with Crippen molar-refractivity contribution in [2.75, 3.05) is 26.2 Å². The number of likely N-dealkylation sites (tertiary alicyclic amines) is 2. The van der Waals surface area contributed by atoms with E-state index in [1.165, 1.54) is 17.8 Å². The lowest BCUT2D eigenvalue weighted by atomic mass is 10.1. The molecule has 0 aliphatic carbocycles. The van der Waals surface area contributed by atoms with E-state index in [-0.39, 0.29) is 17.9 Å². The second-order valence-electron chi connectivity index (χ2n) is 6.97. The first-order valence-corrected chi connectivity index (χ1v) is 10.3. The molecule has 2 aliphatic rings. The number of ether oxygens (including phenoxy) is 1. The third kappa shape index (κ3) is 3.98. The SMILES string of the molecule is O=C(c1cccs1)N1CCC(Oc2ncccc2C(=O)N2CCCCC2)C1. The summed E-state index contributed by atoms with van der Waals surface area (Å²) in [7, 11) is 0. The van der Waals surface area contributed by atoms with Crippen molar-refractivity contribution < 1.29 is 14.3 Å². The molecule has 4 rings (SSSR count). The monoisotopic (exact) mass is 385 g/mol. The summed E-state index contributed by atoms with van der Waals surface area (Å²) in [5.74, 6) is 0.410. The Balaban J connectivity index is 1.43. The van der Waals surface area contributed by atoms with Gasteiger partial charge in [0.2, 0.25) is 5.88 Å². The molecule has 2 aliphatic heterocycles. The van der Waals surface area contributed by atoms with Crippen LogP contribution in [0.15, 0.2) is 35.8 Å². The summed E-state index contributed by atoms with van der Waals surface area (Å²) in [5.41, 5.74) is 0.516. The number of hydrogen-bond acceptors (Lipinski definition) is 5. The van der Waals surface area contributed by atoms with Crippen molar-refractivity contribution in [2.45, 2.75) is 31.8 Å². The van der Waals surface area contributed by atoms with Crippen LogP contribution in [-0.2, 0) is 0 Å². The van der Waals surface area contributed by atoms with Crippen molar-refractivity contribution >= 4 is 23.2 Å². The van der Waals surface area contributed by atoms with Crippen LogP contribution in [0.25, 0.3) is 0 Å². The van der Waals surface area contributed by atoms with Gasteiger partial charge in [0.25, 0.3) is 11.8 Å². The number of thiophene rings is 1. The number of aromatic nitrogens is 1. The minimum Gasteiger partial charge on any atom is -0.472 e. The lowest BCUT2D eigenvalue weighted by Crippen LogP contribution is -2.36. The minimum atomic E-state index is -0.142. The first-order valence-electron chi connectivity index (χ1n) is 9.46. The fourth-order valence-corrected chi connectivity index (χ4v) is 4.33. The number of carbonyl (C=O) groups excluding carboxylic acids is 2. The molecule has 1 unspecified atom stereocenters. The Kier molecular flexibility index (Phi) is 5.38. The number of amides is 2. The molecule has 0 saturated carbocycles. The molecule has 2 saturated heterocycles. The number of nitrogens with zero attached hydrogens (tertiary/aromatic N) is 3. The summed E-state index contributed by atoms with van der Waals surface area (Å²) in [6, 6.07) is 7.28. The van der Waals surface area contributed by atoms with Gasteiger partial charge in [-0.3, -0.25) is 9.59 Å². The molecule has 7 heteroatoms. The Hall–Kier alpha value is -2.41. The number of carbonyl (C=O) groups is 2. The molecule has 0 spiro atoms. The molecule has 2 aromatic heterocycles. The average Bonchev–Trinajstić information content (AvgIpc) is 3.40. The molecule has 0 bridgehead atoms. The van der Waals surface area contributed by atoms with E-state index >= 15 is 0 Å². The molecule has 2 fully saturated rings. The van der Waals surface area contributed by atoms with Crippen LogP contribution in [0.2, 0.25) is 0 Å². The molecule has 4 heterocycles. The second kappa shape index (κ2) is 8.08. The highest BCUT2D eigenvalue weighted by Crippen LogP contribution is 2.24. The van der Waals surface area contributed by atoms with Gasteiger partial charge in [-0.25, -0.2) is 4.98 Å². The highest BCUT2D eigenvalue weighted by molar-refractivity contribution is 7.12. The van der Waals surface area contributed by atoms with Gasteiger partial charge in [-0.1, -0.05) is 6.07 Å². The average molecular weight is 385 g/mol. The number of piperidine rings is 1. The van der Waals surface area contributed by atoms with E-state index in [0.29, 0.717) is 24.5 Å². The molecular weight excluding hydrogens is 362 g/mol. The van der Waals surface area contributed by atoms with Crippen molar-refractivity contribution in [1.82, 2.24) is 14.8 Å². The highest BCUT2D eigenvalue weighted by atomic mass is 32.1. The van der Waals surface area contributed by atoms with Crippen LogP contribution in [0.1, 0.15) is 45.7 Å². The van der Waals surface area contributed by atoms with Gasteiger partial charge in [-0.15, -0.1) is 11.3 Å². The maximum Gasteiger partial charge on any atom is 0.264 e. The van der Waals surface area contributed by atoms with Gasteiger partial charge in [-0.2, -0.15) is 0 Å². The molecule has 0 N–H and O–H groups in total. The maximum atomic E-state index is 12.9. The number of pyridine rings is 1. The number of rotatable bonds is 4. The zero-order valence-electron chi connectivity index (χ0n) is 15.2. The number of hydrogen-bond donors (Lipinski definition) is 0. The molecule has 142 valence electrons. The molecule has 1 atom stereocenters. The van der Waals surface area contributed by atoms with Gasteiger partial charge in [0.05, 0.1) is 11.4 Å². The Labute approximate surface area is 162 Å². The van der Waals surface area contributed by atoms with Crippen molar-refractivity contribution in [2.24, 2.45) is 0 Å². The van der Waals surface area contributed by atoms with Crippen molar-refractivity contribution in [3.8, 4) is 5.88 Å². The topological polar surface area (TPSA) is 62.7 Å². The third-order valence-electron chi connectivity index (χ3n) is 5.09. The van der Waals surface area contributed by atoms with Crippen LogP contribution in [0.5, 0.6) is 5.88 Å². The molecule has 0 aromatic carbocycles. The van der Waals surface area contributed by atoms with Gasteiger partial charge in [0, 0.05) is 32.3 Å². The quantitative estimate of drug-likeness (QED) is 0.811. The van der Waals surface area contributed by atoms with Crippen molar-refractivity contribution in [3.63, 3.8) is 0 Å². The summed E-state index contributed by atoms with van der Waals surface area (Å²) in [5, 5.41) is 1.91. The Bertz CT molecular complexity index is 803. The molecule has 6 nitrogen and oxygen atoms in total. The van der Waals surface area contributed by atoms with Crippen LogP contribution in [0.4, 0.5) is 0 Å². The summed E-state index contributed by atoms with van der Waals surface area (Å²) in [6.07, 6.45) is 5.51. The van der Waals surface area contributed by atoms with Crippen LogP contribution in [0.3, 0.4) is 0 Å². The van der Waals surface area contributed by atoms with Gasteiger partial charge >= 0.3 is 0 Å². The van der Waals surface area contributed by atoms with Gasteiger partial charge < -0.3 is 14.5 Å². The predicted molar refractivity (Wildman–Crippen MR) is 103 cm³/mol. The fourth-order valence-electron chi connectivity index (χ4n) is 3.64. The largest absolute Gasteiger partial charge is 0.472 e. The summed E-state index contributed by atoms with van der Waals surface area (Å²) in [4.78, 5) is 34.1. The zero-order chi connectivity index (χ0) is 18.6. The standard InChI is InChI=1S/C20H23N3O3S/c24-19(22-10-2-1-3-11-22)16-6-4-9-21-18(16)26-15-8-12-23(14-15)20(25)17-7-5-13-27-17/h4-7,9,13,15H,1-3,8,10-12,14H2. The van der Waals surface area contributed by atoms with Gasteiger partial charge in [-0.05, 0) is 42.8 Å². The van der Waals surface area contributed by atoms with E-state index in [1.807, 2.05) is 27.3 Å². The highest BCUT2D eigenvalue weighted by Gasteiger charge is 2.30. The Morgan fingerprint density at radius 1 is 1.04 bits per heavy atom. The Morgan fingerprint density at radius 3 is 2.67 bits per heavy atom. The van der Waals surface area contributed by atoms with E-state index in [2.05, 4.69) is 4.98 Å². The maximum absolute atomic E-state index is 12.9. The lowest BCUT2D eigenvalue weighted by Gasteiger charge is -2.27. The summed E-state index contributed by atoms with van der Waals surface area (Å²) < 4.78 is 6.07. The van der Waals surface area contributed by atoms with Crippen LogP contribution >= 0.6 is 11.3 Å². The van der Waals surface area contributed by atoms with Crippen molar-refractivity contribution in [3.05, 3.63) is 46.3 Å². The lowest BCUT2D eigenvalue weighted by molar-refractivity contribution is 0.0709. The van der Waals surface area contributed by atoms with E-state index in [1.54, 1.807) is 18.3 Å². The fraction of sp³-hybridized carbons (Fsp3) is 0.450. The van der Waals surface area contributed by atoms with Crippen LogP contribution < -0.4 is 4.74 Å². The summed E-state index contributed by atoms with van der Waals surface area (Å²) >= 11 is 1.45. The summed E-state index contributed by atoms with van der Waals surface area (Å²) in [6.45, 7) is 2.76. The van der Waals surface area contributed by atoms with Gasteiger partial charge in [0.15, 0.2) is 0 Å². The Morgan fingerprint density at radius 2 is 1.89 bits per heavy atom. The van der Waals surface area contributed by atoms with Gasteiger partial charge in [0.1, 0.15) is 11.7 Å². The third-order valence-corrected chi connectivity index (χ3v) is 5.95. The zero-order valence-corrected chi connectivity index (χ0v) is 16.0. The molecule has 2 amide bonds. The van der Waals surface area contributed by atoms with E-state index < -0.39 is 0 Å². The van der Waals surface area contributed by atoms with Crippen LogP contribution in [0, 0.1) is 0 Å². The van der Waals surface area contributed by atoms with E-state index in [9.17, 15) is 9.59 Å². The van der Waals surface area contributed by atoms with Crippen molar-refractivity contribution in [1.29, 1.82) is 0 Å².